The smallest absolute Gasteiger partial charge is 0.277 e. The van der Waals surface area contributed by atoms with Gasteiger partial charge in [0.15, 0.2) is 0 Å². The number of fused-ring (bicyclic) bond motifs is 1. The number of pyridine rings is 2. The highest BCUT2D eigenvalue weighted by molar-refractivity contribution is 5.62. The number of aliphatic hydroxyl groups excluding tert-OH is 3. The lowest BCUT2D eigenvalue weighted by Crippen LogP contribution is -2.33. The van der Waals surface area contributed by atoms with Crippen LogP contribution >= 0.6 is 0 Å². The Morgan fingerprint density at radius 1 is 1.41 bits per heavy atom. The zero-order valence-corrected chi connectivity index (χ0v) is 11.7. The van der Waals surface area contributed by atoms with Crippen molar-refractivity contribution in [3.8, 4) is 11.4 Å². The SMILES string of the molecule is Cc1c(F)c[nH]c2nc(=O)c([C@@H]3O[C@H](CO)C(O)[C@@H]3O)cc1-2. The number of nitrogens with zero attached hydrogens (tertiary/aromatic N) is 1. The minimum atomic E-state index is -1.37. The van der Waals surface area contributed by atoms with E-state index in [0.717, 1.165) is 6.20 Å². The van der Waals surface area contributed by atoms with Crippen LogP contribution in [-0.2, 0) is 4.74 Å². The number of rotatable bonds is 2. The predicted octanol–water partition coefficient (Wildman–Crippen LogP) is -0.524. The number of hydrogen-bond acceptors (Lipinski definition) is 6. The molecule has 3 rings (SSSR count). The third-order valence-corrected chi connectivity index (χ3v) is 3.96. The van der Waals surface area contributed by atoms with Crippen molar-refractivity contribution in [3.63, 3.8) is 0 Å². The molecule has 1 saturated heterocycles. The van der Waals surface area contributed by atoms with Gasteiger partial charge < -0.3 is 25.0 Å². The molecule has 0 aromatic carbocycles. The summed E-state index contributed by atoms with van der Waals surface area (Å²) < 4.78 is 18.9. The van der Waals surface area contributed by atoms with Crippen LogP contribution in [-0.4, -0.2) is 50.2 Å². The zero-order valence-electron chi connectivity index (χ0n) is 11.7. The first-order chi connectivity index (χ1) is 10.4. The van der Waals surface area contributed by atoms with Gasteiger partial charge in [-0.15, -0.1) is 0 Å². The highest BCUT2D eigenvalue weighted by Gasteiger charge is 2.44. The normalized spacial score (nSPS) is 28.4. The Kier molecular flexibility index (Phi) is 3.69. The highest BCUT2D eigenvalue weighted by Crippen LogP contribution is 2.34. The molecular weight excluding hydrogens is 295 g/mol. The summed E-state index contributed by atoms with van der Waals surface area (Å²) in [6, 6.07) is 1.39. The van der Waals surface area contributed by atoms with E-state index in [1.807, 2.05) is 0 Å². The van der Waals surface area contributed by atoms with E-state index in [2.05, 4.69) is 9.97 Å². The largest absolute Gasteiger partial charge is 0.394 e. The van der Waals surface area contributed by atoms with Crippen molar-refractivity contribution in [1.29, 1.82) is 0 Å². The molecule has 3 aliphatic heterocycles. The van der Waals surface area contributed by atoms with Gasteiger partial charge in [0.05, 0.1) is 12.2 Å². The summed E-state index contributed by atoms with van der Waals surface area (Å²) >= 11 is 0. The third-order valence-electron chi connectivity index (χ3n) is 3.96. The molecule has 22 heavy (non-hydrogen) atoms. The Morgan fingerprint density at radius 3 is 2.77 bits per heavy atom. The summed E-state index contributed by atoms with van der Waals surface area (Å²) in [6.45, 7) is 1.05. The second-order valence-corrected chi connectivity index (χ2v) is 5.30. The Morgan fingerprint density at radius 2 is 2.14 bits per heavy atom. The van der Waals surface area contributed by atoms with E-state index in [1.54, 1.807) is 6.92 Å². The molecule has 3 aliphatic rings. The molecule has 0 aromatic rings. The molecule has 7 nitrogen and oxygen atoms in total. The number of halogens is 1. The van der Waals surface area contributed by atoms with Crippen molar-refractivity contribution in [2.75, 3.05) is 6.61 Å². The first kappa shape index (κ1) is 15.0. The maximum absolute atomic E-state index is 13.6. The number of ether oxygens (including phenoxy) is 1. The van der Waals surface area contributed by atoms with Gasteiger partial charge in [0.2, 0.25) is 0 Å². The van der Waals surface area contributed by atoms with E-state index >= 15 is 0 Å². The second-order valence-electron chi connectivity index (χ2n) is 5.30. The number of hydrogen-bond donors (Lipinski definition) is 4. The lowest BCUT2D eigenvalue weighted by molar-refractivity contribution is -0.0231. The van der Waals surface area contributed by atoms with Crippen molar-refractivity contribution >= 4 is 0 Å². The molecule has 0 radical (unpaired) electrons. The van der Waals surface area contributed by atoms with Crippen molar-refractivity contribution < 1.29 is 24.4 Å². The second kappa shape index (κ2) is 5.40. The zero-order chi connectivity index (χ0) is 16.0. The van der Waals surface area contributed by atoms with E-state index in [1.165, 1.54) is 6.07 Å². The Bertz CT molecular complexity index is 734. The molecule has 8 heteroatoms. The molecular formula is C14H15FN2O5. The van der Waals surface area contributed by atoms with E-state index in [-0.39, 0.29) is 11.4 Å². The van der Waals surface area contributed by atoms with Gasteiger partial charge in [-0.05, 0) is 18.6 Å². The minimum Gasteiger partial charge on any atom is -0.394 e. The lowest BCUT2D eigenvalue weighted by Gasteiger charge is -2.16. The quantitative estimate of drug-likeness (QED) is 0.593. The third kappa shape index (κ3) is 2.20. The van der Waals surface area contributed by atoms with Gasteiger partial charge in [0.25, 0.3) is 5.56 Å². The Labute approximate surface area is 124 Å². The van der Waals surface area contributed by atoms with Crippen LogP contribution in [0.15, 0.2) is 17.1 Å². The average Bonchev–Trinajstić information content (AvgIpc) is 2.79. The summed E-state index contributed by atoms with van der Waals surface area (Å²) in [5.41, 5.74) is 0.0447. The number of aliphatic hydroxyl groups is 3. The fourth-order valence-corrected chi connectivity index (χ4v) is 2.64. The van der Waals surface area contributed by atoms with E-state index in [4.69, 9.17) is 9.84 Å². The fourth-order valence-electron chi connectivity index (χ4n) is 2.64. The number of H-pyrrole nitrogens is 1. The van der Waals surface area contributed by atoms with Crippen LogP contribution in [0.4, 0.5) is 4.39 Å². The maximum Gasteiger partial charge on any atom is 0.277 e. The summed E-state index contributed by atoms with van der Waals surface area (Å²) in [5.74, 6) is -0.264. The Hall–Kier alpha value is -1.87. The van der Waals surface area contributed by atoms with Crippen LogP contribution in [0.25, 0.3) is 11.4 Å². The Balaban J connectivity index is 2.12. The van der Waals surface area contributed by atoms with Crippen LogP contribution < -0.4 is 5.56 Å². The summed E-state index contributed by atoms with van der Waals surface area (Å²) in [4.78, 5) is 18.5. The fraction of sp³-hybridized carbons (Fsp3) is 0.429. The van der Waals surface area contributed by atoms with Gasteiger partial charge in [-0.25, -0.2) is 4.39 Å². The summed E-state index contributed by atoms with van der Waals surface area (Å²) in [7, 11) is 0. The van der Waals surface area contributed by atoms with Gasteiger partial charge in [0, 0.05) is 11.8 Å². The molecule has 0 bridgehead atoms. The number of nitrogens with one attached hydrogen (secondary N) is 1. The monoisotopic (exact) mass is 310 g/mol. The van der Waals surface area contributed by atoms with Gasteiger partial charge in [-0.3, -0.25) is 4.79 Å². The van der Waals surface area contributed by atoms with E-state index in [0.29, 0.717) is 11.1 Å². The topological polar surface area (TPSA) is 116 Å². The van der Waals surface area contributed by atoms with Crippen LogP contribution in [0.2, 0.25) is 0 Å². The molecule has 1 unspecified atom stereocenters. The first-order valence-corrected chi connectivity index (χ1v) is 6.75. The van der Waals surface area contributed by atoms with Gasteiger partial charge in [0.1, 0.15) is 36.1 Å². The van der Waals surface area contributed by atoms with Crippen molar-refractivity contribution in [2.24, 2.45) is 0 Å². The number of aromatic nitrogens is 2. The molecule has 4 atom stereocenters. The number of aromatic amines is 1. The van der Waals surface area contributed by atoms with Crippen LogP contribution in [0.3, 0.4) is 0 Å². The predicted molar refractivity (Wildman–Crippen MR) is 72.9 cm³/mol. The first-order valence-electron chi connectivity index (χ1n) is 6.75. The van der Waals surface area contributed by atoms with Crippen LogP contribution in [0, 0.1) is 12.7 Å². The molecule has 4 N–H and O–H groups in total. The van der Waals surface area contributed by atoms with E-state index < -0.39 is 42.4 Å². The van der Waals surface area contributed by atoms with Crippen LogP contribution in [0.1, 0.15) is 17.2 Å². The maximum atomic E-state index is 13.6. The molecule has 1 fully saturated rings. The molecule has 0 spiro atoms. The highest BCUT2D eigenvalue weighted by atomic mass is 19.1. The molecule has 0 aromatic heterocycles. The van der Waals surface area contributed by atoms with Gasteiger partial charge in [-0.2, -0.15) is 4.98 Å². The standard InChI is InChI=1S/C14H15FN2O5/c1-5-6-2-7(12-11(20)10(19)9(4-18)22-12)14(21)17-13(6)16-3-8(5)15/h2-3,9-12,18-20H,4H2,1H3,(H,16,17,21)/t9-,10?,11+,12+/m1/s1. The molecule has 0 aliphatic carbocycles. The minimum absolute atomic E-state index is 0.0112. The van der Waals surface area contributed by atoms with Crippen LogP contribution in [0.5, 0.6) is 0 Å². The van der Waals surface area contributed by atoms with Gasteiger partial charge >= 0.3 is 0 Å². The summed E-state index contributed by atoms with van der Waals surface area (Å²) in [5, 5.41) is 28.9. The lowest BCUT2D eigenvalue weighted by atomic mass is 9.99. The van der Waals surface area contributed by atoms with E-state index in [9.17, 15) is 19.4 Å². The average molecular weight is 310 g/mol. The van der Waals surface area contributed by atoms with Crippen molar-refractivity contribution in [1.82, 2.24) is 9.97 Å². The van der Waals surface area contributed by atoms with Crippen molar-refractivity contribution in [2.45, 2.75) is 31.3 Å². The summed E-state index contributed by atoms with van der Waals surface area (Å²) in [6.07, 6.45) is -3.70. The molecule has 3 heterocycles. The van der Waals surface area contributed by atoms with Crippen molar-refractivity contribution in [3.05, 3.63) is 39.6 Å². The molecule has 0 amide bonds. The molecule has 118 valence electrons. The molecule has 0 saturated carbocycles. The van der Waals surface area contributed by atoms with Gasteiger partial charge in [-0.1, -0.05) is 0 Å².